The first kappa shape index (κ1) is 18.9. The van der Waals surface area contributed by atoms with Crippen LogP contribution < -0.4 is 16.4 Å². The molecule has 22 heavy (non-hydrogen) atoms. The zero-order valence-electron chi connectivity index (χ0n) is 12.8. The normalized spacial score (nSPS) is 24.1. The zero-order valence-corrected chi connectivity index (χ0v) is 13.6. The first-order valence-corrected chi connectivity index (χ1v) is 7.96. The smallest absolute Gasteiger partial charge is 0.249 e. The van der Waals surface area contributed by atoms with E-state index in [1.54, 1.807) is 0 Å². The number of halogens is 1. The molecule has 1 unspecified atom stereocenters. The van der Waals surface area contributed by atoms with Crippen LogP contribution in [0, 0.1) is 5.92 Å². The van der Waals surface area contributed by atoms with Crippen molar-refractivity contribution in [3.05, 3.63) is 0 Å². The topological polar surface area (TPSA) is 101 Å². The lowest BCUT2D eigenvalue weighted by molar-refractivity contribution is -0.137. The van der Waals surface area contributed by atoms with Gasteiger partial charge < -0.3 is 11.1 Å². The Morgan fingerprint density at radius 1 is 1.23 bits per heavy atom. The molecule has 1 aliphatic carbocycles. The number of carbonyl (C=O) groups is 3. The minimum absolute atomic E-state index is 0. The molecule has 1 saturated heterocycles. The van der Waals surface area contributed by atoms with E-state index in [9.17, 15) is 14.4 Å². The second-order valence-corrected chi connectivity index (χ2v) is 6.20. The Labute approximate surface area is 137 Å². The molecule has 0 bridgehead atoms. The fraction of sp³-hybridized carbons (Fsp3) is 0.800. The molecule has 2 atom stereocenters. The van der Waals surface area contributed by atoms with Crippen LogP contribution >= 0.6 is 12.4 Å². The molecule has 0 aromatic carbocycles. The minimum atomic E-state index is -0.629. The van der Waals surface area contributed by atoms with E-state index in [2.05, 4.69) is 10.6 Å². The number of piperidine rings is 1. The monoisotopic (exact) mass is 331 g/mol. The van der Waals surface area contributed by atoms with Crippen molar-refractivity contribution in [1.29, 1.82) is 0 Å². The van der Waals surface area contributed by atoms with Gasteiger partial charge in [-0.15, -0.1) is 12.4 Å². The van der Waals surface area contributed by atoms with Crippen LogP contribution in [0.25, 0.3) is 0 Å². The van der Waals surface area contributed by atoms with Crippen molar-refractivity contribution >= 4 is 30.1 Å². The second-order valence-electron chi connectivity index (χ2n) is 6.20. The van der Waals surface area contributed by atoms with E-state index < -0.39 is 18.0 Å². The Kier molecular flexibility index (Phi) is 7.82. The largest absolute Gasteiger partial charge is 0.343 e. The third-order valence-corrected chi connectivity index (χ3v) is 4.50. The molecular formula is C15H26ClN3O3. The summed E-state index contributed by atoms with van der Waals surface area (Å²) in [6, 6.07) is -1.20. The molecule has 2 aliphatic rings. The average Bonchev–Trinajstić information content (AvgIpc) is 2.48. The number of hydrogen-bond donors (Lipinski definition) is 3. The van der Waals surface area contributed by atoms with E-state index in [1.165, 1.54) is 32.1 Å². The molecule has 2 rings (SSSR count). The maximum atomic E-state index is 12.0. The summed E-state index contributed by atoms with van der Waals surface area (Å²) in [5.41, 5.74) is 5.91. The van der Waals surface area contributed by atoms with Crippen molar-refractivity contribution in [2.75, 3.05) is 0 Å². The van der Waals surface area contributed by atoms with Crippen LogP contribution in [-0.2, 0) is 14.4 Å². The van der Waals surface area contributed by atoms with Gasteiger partial charge in [-0.1, -0.05) is 32.1 Å². The fourth-order valence-corrected chi connectivity index (χ4v) is 3.13. The van der Waals surface area contributed by atoms with Crippen LogP contribution in [0.5, 0.6) is 0 Å². The number of rotatable bonds is 5. The molecule has 2 fully saturated rings. The molecule has 0 spiro atoms. The molecule has 1 aliphatic heterocycles. The summed E-state index contributed by atoms with van der Waals surface area (Å²) in [6.07, 6.45) is 8.60. The van der Waals surface area contributed by atoms with Gasteiger partial charge in [0.15, 0.2) is 0 Å². The van der Waals surface area contributed by atoms with Crippen LogP contribution in [0.15, 0.2) is 0 Å². The van der Waals surface area contributed by atoms with Crippen LogP contribution in [0.4, 0.5) is 0 Å². The predicted octanol–water partition coefficient (Wildman–Crippen LogP) is 1.02. The Morgan fingerprint density at radius 2 is 1.91 bits per heavy atom. The van der Waals surface area contributed by atoms with E-state index in [4.69, 9.17) is 5.73 Å². The molecule has 1 heterocycles. The number of imide groups is 1. The van der Waals surface area contributed by atoms with E-state index in [0.717, 1.165) is 6.42 Å². The van der Waals surface area contributed by atoms with Crippen molar-refractivity contribution < 1.29 is 14.4 Å². The highest BCUT2D eigenvalue weighted by Crippen LogP contribution is 2.27. The highest BCUT2D eigenvalue weighted by atomic mass is 35.5. The highest BCUT2D eigenvalue weighted by Gasteiger charge is 2.29. The lowest BCUT2D eigenvalue weighted by Gasteiger charge is -2.25. The minimum Gasteiger partial charge on any atom is -0.343 e. The molecule has 6 nitrogen and oxygen atoms in total. The lowest BCUT2D eigenvalue weighted by atomic mass is 9.85. The molecular weight excluding hydrogens is 306 g/mol. The SMILES string of the molecule is Cl.N[C@H](CCC1CCCCC1)C(=O)NC1CCC(=O)NC1=O. The fourth-order valence-electron chi connectivity index (χ4n) is 3.13. The number of hydrogen-bond acceptors (Lipinski definition) is 4. The van der Waals surface area contributed by atoms with Gasteiger partial charge in [-0.05, 0) is 25.2 Å². The van der Waals surface area contributed by atoms with E-state index >= 15 is 0 Å². The van der Waals surface area contributed by atoms with Crippen molar-refractivity contribution in [1.82, 2.24) is 10.6 Å². The molecule has 0 aromatic heterocycles. The zero-order chi connectivity index (χ0) is 15.2. The summed E-state index contributed by atoms with van der Waals surface area (Å²) >= 11 is 0. The quantitative estimate of drug-likeness (QED) is 0.654. The Morgan fingerprint density at radius 3 is 2.55 bits per heavy atom. The van der Waals surface area contributed by atoms with Gasteiger partial charge in [0.25, 0.3) is 0 Å². The van der Waals surface area contributed by atoms with Gasteiger partial charge in [0.05, 0.1) is 6.04 Å². The van der Waals surface area contributed by atoms with Crippen LogP contribution in [0.3, 0.4) is 0 Å². The Balaban J connectivity index is 0.00000242. The van der Waals surface area contributed by atoms with E-state index in [-0.39, 0.29) is 30.6 Å². The van der Waals surface area contributed by atoms with E-state index in [0.29, 0.717) is 18.8 Å². The molecule has 3 amide bonds. The lowest BCUT2D eigenvalue weighted by Crippen LogP contribution is -2.55. The van der Waals surface area contributed by atoms with E-state index in [1.807, 2.05) is 0 Å². The number of nitrogens with two attached hydrogens (primary N) is 1. The predicted molar refractivity (Wildman–Crippen MR) is 85.3 cm³/mol. The Bertz CT molecular complexity index is 411. The standard InChI is InChI=1S/C15H25N3O3.ClH/c16-11(7-6-10-4-2-1-3-5-10)14(20)17-12-8-9-13(19)18-15(12)21;/h10-12H,1-9,16H2,(H,17,20)(H,18,19,21);1H/t11-,12?;/m1./s1. The van der Waals surface area contributed by atoms with Crippen molar-refractivity contribution in [2.45, 2.75) is 69.9 Å². The van der Waals surface area contributed by atoms with Gasteiger partial charge in [-0.25, -0.2) is 0 Å². The second kappa shape index (κ2) is 9.10. The molecule has 1 saturated carbocycles. The summed E-state index contributed by atoms with van der Waals surface area (Å²) in [7, 11) is 0. The Hall–Kier alpha value is -1.14. The van der Waals surface area contributed by atoms with Crippen molar-refractivity contribution in [3.8, 4) is 0 Å². The first-order valence-electron chi connectivity index (χ1n) is 7.96. The molecule has 126 valence electrons. The van der Waals surface area contributed by atoms with Gasteiger partial charge in [-0.3, -0.25) is 19.7 Å². The van der Waals surface area contributed by atoms with Gasteiger partial charge in [0.1, 0.15) is 6.04 Å². The molecule has 7 heteroatoms. The number of nitrogens with one attached hydrogen (secondary N) is 2. The van der Waals surface area contributed by atoms with Crippen LogP contribution in [0.1, 0.15) is 57.8 Å². The van der Waals surface area contributed by atoms with Crippen molar-refractivity contribution in [3.63, 3.8) is 0 Å². The highest BCUT2D eigenvalue weighted by molar-refractivity contribution is 6.01. The van der Waals surface area contributed by atoms with Gasteiger partial charge >= 0.3 is 0 Å². The van der Waals surface area contributed by atoms with Crippen molar-refractivity contribution in [2.24, 2.45) is 11.7 Å². The molecule has 0 radical (unpaired) electrons. The third-order valence-electron chi connectivity index (χ3n) is 4.50. The summed E-state index contributed by atoms with van der Waals surface area (Å²) in [5, 5.41) is 4.87. The average molecular weight is 332 g/mol. The van der Waals surface area contributed by atoms with Crippen LogP contribution in [-0.4, -0.2) is 29.8 Å². The third kappa shape index (κ3) is 5.57. The molecule has 0 aromatic rings. The number of amides is 3. The summed E-state index contributed by atoms with van der Waals surface area (Å²) in [6.45, 7) is 0. The summed E-state index contributed by atoms with van der Waals surface area (Å²) < 4.78 is 0. The maximum absolute atomic E-state index is 12.0. The number of carbonyl (C=O) groups excluding carboxylic acids is 3. The van der Waals surface area contributed by atoms with Crippen LogP contribution in [0.2, 0.25) is 0 Å². The first-order chi connectivity index (χ1) is 10.1. The molecule has 4 N–H and O–H groups in total. The van der Waals surface area contributed by atoms with Gasteiger partial charge in [-0.2, -0.15) is 0 Å². The van der Waals surface area contributed by atoms with Gasteiger partial charge in [0, 0.05) is 6.42 Å². The summed E-state index contributed by atoms with van der Waals surface area (Å²) in [5.74, 6) is -0.320. The van der Waals surface area contributed by atoms with Gasteiger partial charge in [0.2, 0.25) is 17.7 Å². The maximum Gasteiger partial charge on any atom is 0.249 e. The summed E-state index contributed by atoms with van der Waals surface area (Å²) in [4.78, 5) is 34.6.